The molecule has 1 aromatic heterocycles. The zero-order chi connectivity index (χ0) is 10.4. The second kappa shape index (κ2) is 5.85. The minimum absolute atomic E-state index is 0.475. The van der Waals surface area contributed by atoms with Crippen LogP contribution >= 0.6 is 11.3 Å². The van der Waals surface area contributed by atoms with Crippen LogP contribution in [0.3, 0.4) is 0 Å². The Morgan fingerprint density at radius 3 is 2.93 bits per heavy atom. The maximum Gasteiger partial charge on any atom is 0.0415 e. The Labute approximate surface area is 90.5 Å². The second-order valence-corrected chi connectivity index (χ2v) is 4.35. The summed E-state index contributed by atoms with van der Waals surface area (Å²) >= 11 is 1.83. The maximum atomic E-state index is 5.24. The molecule has 1 rings (SSSR count). The lowest BCUT2D eigenvalue weighted by atomic mass is 10.1. The zero-order valence-electron chi connectivity index (χ0n) is 8.84. The molecule has 0 aliphatic heterocycles. The van der Waals surface area contributed by atoms with Crippen LogP contribution in [0, 0.1) is 19.3 Å². The molecule has 1 N–H and O–H groups in total. The van der Waals surface area contributed by atoms with Crippen molar-refractivity contribution >= 4 is 11.3 Å². The Hall–Kier alpha value is -0.780. The van der Waals surface area contributed by atoms with Gasteiger partial charge in [-0.2, -0.15) is 0 Å². The van der Waals surface area contributed by atoms with E-state index in [1.165, 1.54) is 10.4 Å². The van der Waals surface area contributed by atoms with Crippen LogP contribution in [0.4, 0.5) is 0 Å². The first-order valence-electron chi connectivity index (χ1n) is 4.94. The topological polar surface area (TPSA) is 12.0 Å². The van der Waals surface area contributed by atoms with Crippen molar-refractivity contribution in [3.05, 3.63) is 21.9 Å². The van der Waals surface area contributed by atoms with Gasteiger partial charge in [-0.3, -0.25) is 0 Å². The third kappa shape index (κ3) is 2.87. The molecule has 76 valence electrons. The van der Waals surface area contributed by atoms with Crippen molar-refractivity contribution in [2.75, 3.05) is 7.05 Å². The molecule has 1 atom stereocenters. The van der Waals surface area contributed by atoms with Crippen molar-refractivity contribution < 1.29 is 0 Å². The summed E-state index contributed by atoms with van der Waals surface area (Å²) in [7, 11) is 2.01. The average Bonchev–Trinajstić information content (AvgIpc) is 2.60. The van der Waals surface area contributed by atoms with E-state index in [0.717, 1.165) is 19.3 Å². The lowest BCUT2D eigenvalue weighted by Crippen LogP contribution is -2.15. The van der Waals surface area contributed by atoms with Crippen molar-refractivity contribution in [2.24, 2.45) is 0 Å². The van der Waals surface area contributed by atoms with E-state index in [2.05, 4.69) is 29.6 Å². The minimum atomic E-state index is 0.475. The van der Waals surface area contributed by atoms with Gasteiger partial charge >= 0.3 is 0 Å². The molecule has 2 heteroatoms. The number of terminal acetylenes is 1. The standard InChI is InChI=1S/C12H17NS/c1-4-5-6-7-11(13-3)12-10(2)8-9-14-12/h1,8-9,11,13H,5-7H2,2-3H3. The zero-order valence-corrected chi connectivity index (χ0v) is 9.66. The van der Waals surface area contributed by atoms with E-state index in [-0.39, 0.29) is 0 Å². The number of nitrogens with one attached hydrogen (secondary N) is 1. The summed E-state index contributed by atoms with van der Waals surface area (Å²) in [5.74, 6) is 2.68. The third-order valence-corrected chi connectivity index (χ3v) is 3.51. The van der Waals surface area contributed by atoms with E-state index in [4.69, 9.17) is 6.42 Å². The second-order valence-electron chi connectivity index (χ2n) is 3.41. The molecule has 0 radical (unpaired) electrons. The first kappa shape index (κ1) is 11.3. The van der Waals surface area contributed by atoms with Gasteiger partial charge in [-0.05, 0) is 43.8 Å². The molecule has 0 aliphatic rings. The van der Waals surface area contributed by atoms with Crippen LogP contribution in [-0.4, -0.2) is 7.05 Å². The normalized spacial score (nSPS) is 12.4. The van der Waals surface area contributed by atoms with Crippen LogP contribution in [0.5, 0.6) is 0 Å². The summed E-state index contributed by atoms with van der Waals surface area (Å²) in [5.41, 5.74) is 1.38. The van der Waals surface area contributed by atoms with Gasteiger partial charge in [0.1, 0.15) is 0 Å². The quantitative estimate of drug-likeness (QED) is 0.578. The molecule has 1 heterocycles. The molecule has 0 aliphatic carbocycles. The minimum Gasteiger partial charge on any atom is -0.312 e. The van der Waals surface area contributed by atoms with E-state index >= 15 is 0 Å². The fourth-order valence-corrected chi connectivity index (χ4v) is 2.63. The molecule has 0 spiro atoms. The number of rotatable bonds is 5. The molecule has 0 fully saturated rings. The van der Waals surface area contributed by atoms with Crippen molar-refractivity contribution in [3.63, 3.8) is 0 Å². The van der Waals surface area contributed by atoms with E-state index in [1.807, 2.05) is 18.4 Å². The highest BCUT2D eigenvalue weighted by Crippen LogP contribution is 2.27. The predicted molar refractivity (Wildman–Crippen MR) is 63.5 cm³/mol. The van der Waals surface area contributed by atoms with Gasteiger partial charge in [0.25, 0.3) is 0 Å². The van der Waals surface area contributed by atoms with Crippen LogP contribution < -0.4 is 5.32 Å². The van der Waals surface area contributed by atoms with Gasteiger partial charge < -0.3 is 5.32 Å². The van der Waals surface area contributed by atoms with E-state index < -0.39 is 0 Å². The molecule has 0 amide bonds. The number of thiophene rings is 1. The van der Waals surface area contributed by atoms with Crippen molar-refractivity contribution in [1.82, 2.24) is 5.32 Å². The lowest BCUT2D eigenvalue weighted by molar-refractivity contribution is 0.538. The Bertz CT molecular complexity index is 308. The number of hydrogen-bond acceptors (Lipinski definition) is 2. The van der Waals surface area contributed by atoms with Gasteiger partial charge in [0.05, 0.1) is 0 Å². The largest absolute Gasteiger partial charge is 0.312 e. The van der Waals surface area contributed by atoms with Crippen molar-refractivity contribution in [3.8, 4) is 12.3 Å². The first-order valence-corrected chi connectivity index (χ1v) is 5.82. The summed E-state index contributed by atoms with van der Waals surface area (Å²) in [5, 5.41) is 5.50. The highest BCUT2D eigenvalue weighted by Gasteiger charge is 2.11. The molecule has 1 aromatic rings. The summed E-state index contributed by atoms with van der Waals surface area (Å²) in [6.07, 6.45) is 8.34. The number of aryl methyl sites for hydroxylation is 1. The summed E-state index contributed by atoms with van der Waals surface area (Å²) in [6.45, 7) is 2.16. The molecule has 0 saturated carbocycles. The molecule has 0 bridgehead atoms. The van der Waals surface area contributed by atoms with E-state index in [0.29, 0.717) is 6.04 Å². The summed E-state index contributed by atoms with van der Waals surface area (Å²) < 4.78 is 0. The van der Waals surface area contributed by atoms with Crippen LogP contribution in [0.2, 0.25) is 0 Å². The van der Waals surface area contributed by atoms with Gasteiger partial charge in [-0.15, -0.1) is 23.7 Å². The smallest absolute Gasteiger partial charge is 0.0415 e. The van der Waals surface area contributed by atoms with Gasteiger partial charge in [-0.25, -0.2) is 0 Å². The fraction of sp³-hybridized carbons (Fsp3) is 0.500. The molecular formula is C12H17NS. The predicted octanol–water partition coefficient (Wildman–Crippen LogP) is 3.12. The Kier molecular flexibility index (Phi) is 4.72. The van der Waals surface area contributed by atoms with Crippen LogP contribution in [0.15, 0.2) is 11.4 Å². The van der Waals surface area contributed by atoms with E-state index in [1.54, 1.807) is 0 Å². The SMILES string of the molecule is C#CCCCC(NC)c1sccc1C. The lowest BCUT2D eigenvalue weighted by Gasteiger charge is -2.14. The van der Waals surface area contributed by atoms with Gasteiger partial charge in [0.2, 0.25) is 0 Å². The van der Waals surface area contributed by atoms with E-state index in [9.17, 15) is 0 Å². The highest BCUT2D eigenvalue weighted by molar-refractivity contribution is 7.10. The average molecular weight is 207 g/mol. The van der Waals surface area contributed by atoms with Gasteiger partial charge in [0.15, 0.2) is 0 Å². The Balaban J connectivity index is 2.55. The maximum absolute atomic E-state index is 5.24. The summed E-state index contributed by atoms with van der Waals surface area (Å²) in [6, 6.07) is 2.65. The van der Waals surface area contributed by atoms with Crippen LogP contribution in [0.1, 0.15) is 35.7 Å². The van der Waals surface area contributed by atoms with Crippen molar-refractivity contribution in [2.45, 2.75) is 32.2 Å². The molecular weight excluding hydrogens is 190 g/mol. The molecule has 1 nitrogen and oxygen atoms in total. The molecule has 0 aromatic carbocycles. The molecule has 0 saturated heterocycles. The van der Waals surface area contributed by atoms with Crippen LogP contribution in [0.25, 0.3) is 0 Å². The Morgan fingerprint density at radius 1 is 1.64 bits per heavy atom. The van der Waals surface area contributed by atoms with Crippen LogP contribution in [-0.2, 0) is 0 Å². The third-order valence-electron chi connectivity index (χ3n) is 2.38. The Morgan fingerprint density at radius 2 is 2.43 bits per heavy atom. The van der Waals surface area contributed by atoms with Gasteiger partial charge in [0, 0.05) is 17.3 Å². The van der Waals surface area contributed by atoms with Gasteiger partial charge in [-0.1, -0.05) is 0 Å². The fourth-order valence-electron chi connectivity index (χ4n) is 1.56. The van der Waals surface area contributed by atoms with Crippen molar-refractivity contribution in [1.29, 1.82) is 0 Å². The molecule has 14 heavy (non-hydrogen) atoms. The number of hydrogen-bond donors (Lipinski definition) is 1. The highest BCUT2D eigenvalue weighted by atomic mass is 32.1. The molecule has 1 unspecified atom stereocenters. The summed E-state index contributed by atoms with van der Waals surface area (Å²) in [4.78, 5) is 1.45. The first-order chi connectivity index (χ1) is 6.79. The number of unbranched alkanes of at least 4 members (excludes halogenated alkanes) is 1. The monoisotopic (exact) mass is 207 g/mol.